The zero-order valence-corrected chi connectivity index (χ0v) is 57.4. The monoisotopic (exact) mass is 1190 g/mol. The number of allylic oxidation sites excluding steroid dienone is 7. The van der Waals surface area contributed by atoms with Gasteiger partial charge in [-0.25, -0.2) is 0 Å². The molecule has 0 aromatic carbocycles. The van der Waals surface area contributed by atoms with Gasteiger partial charge in [0.1, 0.15) is 0 Å². The third-order valence-electron chi connectivity index (χ3n) is 17.8. The molecule has 0 bridgehead atoms. The van der Waals surface area contributed by atoms with Gasteiger partial charge in [0, 0.05) is 12.8 Å². The number of hydrogen-bond acceptors (Lipinski definition) is 5. The molecule has 0 saturated carbocycles. The van der Waals surface area contributed by atoms with E-state index >= 15 is 0 Å². The van der Waals surface area contributed by atoms with Crippen LogP contribution in [0.5, 0.6) is 0 Å². The Balaban J connectivity index is 3.34. The summed E-state index contributed by atoms with van der Waals surface area (Å²) in [4.78, 5) is 24.6. The number of hydrogen-bond donors (Lipinski definition) is 3. The van der Waals surface area contributed by atoms with E-state index in [9.17, 15) is 19.8 Å². The predicted molar refractivity (Wildman–Crippen MR) is 375 cm³/mol. The second-order valence-electron chi connectivity index (χ2n) is 26.3. The van der Waals surface area contributed by atoms with Crippen LogP contribution in [0, 0.1) is 0 Å². The van der Waals surface area contributed by atoms with Crippen molar-refractivity contribution in [2.45, 2.75) is 431 Å². The zero-order valence-electron chi connectivity index (χ0n) is 57.4. The standard InChI is InChI=1S/C79H149NO5/c1-3-5-7-9-11-13-15-17-18-42-46-49-53-57-61-65-69-73-79(84)85-74-70-66-62-58-54-50-47-44-41-39-37-35-33-31-29-27-25-23-21-19-20-22-24-26-28-30-32-34-36-38-40-43-45-48-52-56-60-64-68-72-78(83)80-76(75-81)77(82)71-67-63-59-55-51-16-14-12-10-8-6-4-2/h17-20,23,25,67,71,76-77,81-82H,3-16,21-22,24,26-66,68-70,72-75H2,1-2H3,(H,80,83)/b18-17-,20-19-,25-23-,71-67+. The van der Waals surface area contributed by atoms with Crippen LogP contribution in [0.1, 0.15) is 418 Å². The number of ether oxygens (including phenoxy) is 1. The minimum absolute atomic E-state index is 0.0171. The Morgan fingerprint density at radius 2 is 0.588 bits per heavy atom. The lowest BCUT2D eigenvalue weighted by atomic mass is 10.0. The van der Waals surface area contributed by atoms with Gasteiger partial charge >= 0.3 is 5.97 Å². The van der Waals surface area contributed by atoms with E-state index in [-0.39, 0.29) is 18.5 Å². The largest absolute Gasteiger partial charge is 0.466 e. The first-order valence-electron chi connectivity index (χ1n) is 38.4. The van der Waals surface area contributed by atoms with E-state index in [1.807, 2.05) is 6.08 Å². The minimum Gasteiger partial charge on any atom is -0.466 e. The van der Waals surface area contributed by atoms with Crippen LogP contribution in [-0.4, -0.2) is 47.4 Å². The fourth-order valence-electron chi connectivity index (χ4n) is 12.0. The average molecular weight is 1190 g/mol. The van der Waals surface area contributed by atoms with Gasteiger partial charge in [-0.2, -0.15) is 0 Å². The molecule has 2 atom stereocenters. The lowest BCUT2D eigenvalue weighted by Gasteiger charge is -2.20. The maximum Gasteiger partial charge on any atom is 0.305 e. The quantitative estimate of drug-likeness (QED) is 0.0320. The number of carbonyl (C=O) groups excluding carboxylic acids is 2. The minimum atomic E-state index is -0.841. The molecule has 0 aromatic heterocycles. The fourth-order valence-corrected chi connectivity index (χ4v) is 12.0. The Labute approximate surface area is 531 Å². The summed E-state index contributed by atoms with van der Waals surface area (Å²) >= 11 is 0. The zero-order chi connectivity index (χ0) is 61.3. The number of esters is 1. The van der Waals surface area contributed by atoms with Crippen LogP contribution in [0.25, 0.3) is 0 Å². The Morgan fingerprint density at radius 3 is 0.906 bits per heavy atom. The van der Waals surface area contributed by atoms with Gasteiger partial charge in [0.05, 0.1) is 25.4 Å². The second-order valence-corrected chi connectivity index (χ2v) is 26.3. The third kappa shape index (κ3) is 70.8. The van der Waals surface area contributed by atoms with Gasteiger partial charge in [0.2, 0.25) is 5.91 Å². The number of amides is 1. The highest BCUT2D eigenvalue weighted by molar-refractivity contribution is 5.76. The van der Waals surface area contributed by atoms with Crippen LogP contribution in [-0.2, 0) is 14.3 Å². The highest BCUT2D eigenvalue weighted by Crippen LogP contribution is 2.19. The lowest BCUT2D eigenvalue weighted by Crippen LogP contribution is -2.45. The summed E-state index contributed by atoms with van der Waals surface area (Å²) in [5, 5.41) is 23.1. The first-order chi connectivity index (χ1) is 42.0. The third-order valence-corrected chi connectivity index (χ3v) is 17.8. The molecule has 0 fully saturated rings. The number of aliphatic hydroxyl groups excluding tert-OH is 2. The maximum atomic E-state index is 12.5. The van der Waals surface area contributed by atoms with Crippen molar-refractivity contribution in [1.82, 2.24) is 5.32 Å². The van der Waals surface area contributed by atoms with Crippen molar-refractivity contribution < 1.29 is 24.5 Å². The molecule has 0 aliphatic rings. The Hall–Kier alpha value is -2.18. The van der Waals surface area contributed by atoms with Crippen LogP contribution in [0.2, 0.25) is 0 Å². The topological polar surface area (TPSA) is 95.9 Å². The van der Waals surface area contributed by atoms with Crippen molar-refractivity contribution in [3.63, 3.8) is 0 Å². The number of carbonyl (C=O) groups is 2. The van der Waals surface area contributed by atoms with Crippen LogP contribution >= 0.6 is 0 Å². The first kappa shape index (κ1) is 82.8. The summed E-state index contributed by atoms with van der Waals surface area (Å²) in [6.07, 6.45) is 98.1. The van der Waals surface area contributed by atoms with Crippen molar-refractivity contribution in [2.24, 2.45) is 0 Å². The van der Waals surface area contributed by atoms with Gasteiger partial charge in [-0.1, -0.05) is 364 Å². The van der Waals surface area contributed by atoms with E-state index in [0.717, 1.165) is 51.4 Å². The molecule has 6 heteroatoms. The summed E-state index contributed by atoms with van der Waals surface area (Å²) in [7, 11) is 0. The van der Waals surface area contributed by atoms with Gasteiger partial charge in [-0.15, -0.1) is 0 Å². The van der Waals surface area contributed by atoms with Crippen molar-refractivity contribution in [1.29, 1.82) is 0 Å². The van der Waals surface area contributed by atoms with E-state index in [1.54, 1.807) is 6.08 Å². The van der Waals surface area contributed by atoms with E-state index < -0.39 is 12.1 Å². The van der Waals surface area contributed by atoms with Crippen LogP contribution < -0.4 is 5.32 Å². The molecule has 500 valence electrons. The Bertz CT molecular complexity index is 1420. The summed E-state index contributed by atoms with van der Waals surface area (Å²) in [6.45, 7) is 4.92. The van der Waals surface area contributed by atoms with Crippen molar-refractivity contribution in [2.75, 3.05) is 13.2 Å². The van der Waals surface area contributed by atoms with Gasteiger partial charge in [-0.3, -0.25) is 9.59 Å². The highest BCUT2D eigenvalue weighted by Gasteiger charge is 2.18. The maximum absolute atomic E-state index is 12.5. The van der Waals surface area contributed by atoms with Gasteiger partial charge in [-0.05, 0) is 89.9 Å². The summed E-state index contributed by atoms with van der Waals surface area (Å²) in [5.74, 6) is -0.0470. The van der Waals surface area contributed by atoms with E-state index in [1.165, 1.54) is 340 Å². The first-order valence-corrected chi connectivity index (χ1v) is 38.4. The molecule has 0 radical (unpaired) electrons. The molecule has 85 heavy (non-hydrogen) atoms. The van der Waals surface area contributed by atoms with Crippen molar-refractivity contribution in [3.8, 4) is 0 Å². The van der Waals surface area contributed by atoms with E-state index in [0.29, 0.717) is 19.4 Å². The van der Waals surface area contributed by atoms with Crippen LogP contribution in [0.15, 0.2) is 48.6 Å². The molecule has 0 rings (SSSR count). The van der Waals surface area contributed by atoms with Crippen molar-refractivity contribution >= 4 is 11.9 Å². The Morgan fingerprint density at radius 1 is 0.329 bits per heavy atom. The molecule has 0 aliphatic heterocycles. The lowest BCUT2D eigenvalue weighted by molar-refractivity contribution is -0.143. The normalized spacial score (nSPS) is 12.8. The van der Waals surface area contributed by atoms with Gasteiger partial charge in [0.25, 0.3) is 0 Å². The summed E-state index contributed by atoms with van der Waals surface area (Å²) in [6, 6.07) is -0.625. The Kier molecular flexibility index (Phi) is 72.4. The molecule has 2 unspecified atom stereocenters. The van der Waals surface area contributed by atoms with Crippen LogP contribution in [0.4, 0.5) is 0 Å². The molecule has 0 heterocycles. The molecule has 6 nitrogen and oxygen atoms in total. The predicted octanol–water partition coefficient (Wildman–Crippen LogP) is 25.2. The number of unbranched alkanes of at least 4 members (excludes halogenated alkanes) is 55. The van der Waals surface area contributed by atoms with Gasteiger partial charge in [0.15, 0.2) is 0 Å². The molecular formula is C79H149NO5. The van der Waals surface area contributed by atoms with Crippen LogP contribution in [0.3, 0.4) is 0 Å². The molecule has 0 saturated heterocycles. The number of nitrogens with one attached hydrogen (secondary N) is 1. The molecule has 3 N–H and O–H groups in total. The summed E-state index contributed by atoms with van der Waals surface area (Å²) < 4.78 is 5.51. The smallest absolute Gasteiger partial charge is 0.305 e. The molecule has 1 amide bonds. The highest BCUT2D eigenvalue weighted by atomic mass is 16.5. The molecule has 0 aliphatic carbocycles. The summed E-state index contributed by atoms with van der Waals surface area (Å²) in [5.41, 5.74) is 0. The second kappa shape index (κ2) is 74.3. The molecule has 0 spiro atoms. The number of aliphatic hydroxyl groups is 2. The number of rotatable bonds is 72. The van der Waals surface area contributed by atoms with E-state index in [4.69, 9.17) is 4.74 Å². The molecule has 0 aromatic rings. The average Bonchev–Trinajstić information content (AvgIpc) is 3.52. The molecular weight excluding hydrogens is 1040 g/mol. The fraction of sp³-hybridized carbons (Fsp3) is 0.873. The van der Waals surface area contributed by atoms with E-state index in [2.05, 4.69) is 55.6 Å². The SMILES string of the molecule is CCCCCCCC/C=C\CCCCCCCCCC(=O)OCCCCCCCCCCCCCCCCC/C=C\C/C=C\CCCCCCCCCCCCCCCCCCCC(=O)NC(CO)C(O)/C=C/CCCCCCCCCCCC. The van der Waals surface area contributed by atoms with Crippen molar-refractivity contribution in [3.05, 3.63) is 48.6 Å². The van der Waals surface area contributed by atoms with Gasteiger partial charge < -0.3 is 20.3 Å².